The van der Waals surface area contributed by atoms with E-state index in [-0.39, 0.29) is 12.6 Å². The Labute approximate surface area is 145 Å². The van der Waals surface area contributed by atoms with Crippen molar-refractivity contribution in [2.24, 2.45) is 0 Å². The van der Waals surface area contributed by atoms with E-state index in [4.69, 9.17) is 16.3 Å². The number of likely N-dealkylation sites (N-methyl/N-ethyl adjacent to an activating group) is 1. The van der Waals surface area contributed by atoms with E-state index in [0.29, 0.717) is 17.7 Å². The Bertz CT molecular complexity index is 498. The van der Waals surface area contributed by atoms with Crippen LogP contribution in [0.3, 0.4) is 0 Å². The molecule has 0 aromatic heterocycles. The zero-order valence-corrected chi connectivity index (χ0v) is 15.2. The van der Waals surface area contributed by atoms with Crippen molar-refractivity contribution in [3.63, 3.8) is 0 Å². The van der Waals surface area contributed by atoms with E-state index in [2.05, 4.69) is 30.6 Å². The van der Waals surface area contributed by atoms with Gasteiger partial charge in [0.15, 0.2) is 0 Å². The summed E-state index contributed by atoms with van der Waals surface area (Å²) in [4.78, 5) is 4.83. The van der Waals surface area contributed by atoms with Crippen LogP contribution < -0.4 is 4.74 Å². The molecule has 2 unspecified atom stereocenters. The molecule has 0 aliphatic carbocycles. The minimum Gasteiger partial charge on any atom is -0.492 e. The molecule has 1 aliphatic rings. The molecule has 2 atom stereocenters. The standard InChI is InChI=1S/C18H29ClN2O2/c1-4-10-23-18-7-6-15(11-16(18)19)17(13-22)21-9-8-20(5-2)14(3)12-21/h6-7,11,14,17,22H,4-5,8-10,12-13H2,1-3H3. The van der Waals surface area contributed by atoms with Crippen molar-refractivity contribution in [1.29, 1.82) is 0 Å². The first kappa shape index (κ1) is 18.5. The highest BCUT2D eigenvalue weighted by atomic mass is 35.5. The van der Waals surface area contributed by atoms with Crippen molar-refractivity contribution in [2.45, 2.75) is 39.3 Å². The molecule has 0 amide bonds. The van der Waals surface area contributed by atoms with Gasteiger partial charge in [-0.15, -0.1) is 0 Å². The van der Waals surface area contributed by atoms with E-state index in [9.17, 15) is 5.11 Å². The maximum Gasteiger partial charge on any atom is 0.137 e. The first-order valence-electron chi connectivity index (χ1n) is 8.61. The van der Waals surface area contributed by atoms with Crippen LogP contribution in [0.4, 0.5) is 0 Å². The van der Waals surface area contributed by atoms with Gasteiger partial charge in [-0.2, -0.15) is 0 Å². The van der Waals surface area contributed by atoms with Crippen LogP contribution in [0.2, 0.25) is 5.02 Å². The first-order chi connectivity index (χ1) is 11.1. The maximum atomic E-state index is 9.91. The summed E-state index contributed by atoms with van der Waals surface area (Å²) in [7, 11) is 0. The van der Waals surface area contributed by atoms with Gasteiger partial charge in [-0.05, 0) is 37.6 Å². The number of hydrogen-bond donors (Lipinski definition) is 1. The molecule has 1 saturated heterocycles. The monoisotopic (exact) mass is 340 g/mol. The molecule has 0 spiro atoms. The third-order valence-corrected chi connectivity index (χ3v) is 4.91. The Morgan fingerprint density at radius 3 is 2.70 bits per heavy atom. The molecule has 1 aromatic rings. The molecule has 0 saturated carbocycles. The predicted molar refractivity (Wildman–Crippen MR) is 95.3 cm³/mol. The van der Waals surface area contributed by atoms with Crippen LogP contribution in [0.15, 0.2) is 18.2 Å². The van der Waals surface area contributed by atoms with Crippen LogP contribution in [-0.4, -0.2) is 60.3 Å². The molecule has 1 N–H and O–H groups in total. The van der Waals surface area contributed by atoms with E-state index in [1.807, 2.05) is 18.2 Å². The number of hydrogen-bond acceptors (Lipinski definition) is 4. The second kappa shape index (κ2) is 8.88. The predicted octanol–water partition coefficient (Wildman–Crippen LogP) is 3.19. The molecule has 1 aliphatic heterocycles. The second-order valence-corrected chi connectivity index (χ2v) is 6.62. The van der Waals surface area contributed by atoms with E-state index in [1.165, 1.54) is 0 Å². The number of nitrogens with zero attached hydrogens (tertiary/aromatic N) is 2. The fourth-order valence-electron chi connectivity index (χ4n) is 3.26. The molecular weight excluding hydrogens is 312 g/mol. The Morgan fingerprint density at radius 2 is 2.13 bits per heavy atom. The minimum absolute atomic E-state index is 0.00539. The van der Waals surface area contributed by atoms with E-state index < -0.39 is 0 Å². The molecule has 23 heavy (non-hydrogen) atoms. The average Bonchev–Trinajstić information content (AvgIpc) is 2.55. The van der Waals surface area contributed by atoms with Crippen molar-refractivity contribution >= 4 is 11.6 Å². The summed E-state index contributed by atoms with van der Waals surface area (Å²) in [5.41, 5.74) is 1.05. The molecule has 4 nitrogen and oxygen atoms in total. The number of aliphatic hydroxyl groups excluding tert-OH is 1. The zero-order valence-electron chi connectivity index (χ0n) is 14.5. The van der Waals surface area contributed by atoms with Crippen LogP contribution in [0, 0.1) is 0 Å². The van der Waals surface area contributed by atoms with Crippen molar-refractivity contribution in [3.8, 4) is 5.75 Å². The van der Waals surface area contributed by atoms with Gasteiger partial charge in [-0.3, -0.25) is 9.80 Å². The fraction of sp³-hybridized carbons (Fsp3) is 0.667. The van der Waals surface area contributed by atoms with Gasteiger partial charge in [0, 0.05) is 25.7 Å². The van der Waals surface area contributed by atoms with Crippen molar-refractivity contribution in [2.75, 3.05) is 39.4 Å². The van der Waals surface area contributed by atoms with Crippen LogP contribution >= 0.6 is 11.6 Å². The number of piperazine rings is 1. The number of halogens is 1. The van der Waals surface area contributed by atoms with Gasteiger partial charge in [0.1, 0.15) is 5.75 Å². The van der Waals surface area contributed by atoms with E-state index >= 15 is 0 Å². The molecule has 1 aromatic carbocycles. The Morgan fingerprint density at radius 1 is 1.35 bits per heavy atom. The lowest BCUT2D eigenvalue weighted by Gasteiger charge is -2.42. The van der Waals surface area contributed by atoms with Crippen LogP contribution in [0.1, 0.15) is 38.8 Å². The number of ether oxygens (including phenoxy) is 1. The molecule has 1 heterocycles. The lowest BCUT2D eigenvalue weighted by molar-refractivity contribution is 0.0367. The van der Waals surface area contributed by atoms with Crippen LogP contribution in [0.5, 0.6) is 5.75 Å². The lowest BCUT2D eigenvalue weighted by Crippen LogP contribution is -2.53. The summed E-state index contributed by atoms with van der Waals surface area (Å²) >= 11 is 6.35. The van der Waals surface area contributed by atoms with Crippen molar-refractivity contribution in [3.05, 3.63) is 28.8 Å². The lowest BCUT2D eigenvalue weighted by atomic mass is 10.0. The fourth-order valence-corrected chi connectivity index (χ4v) is 3.50. The van der Waals surface area contributed by atoms with Crippen molar-refractivity contribution in [1.82, 2.24) is 9.80 Å². The minimum atomic E-state index is -0.00539. The number of aliphatic hydroxyl groups is 1. The van der Waals surface area contributed by atoms with Gasteiger partial charge in [0.25, 0.3) is 0 Å². The number of benzene rings is 1. The maximum absolute atomic E-state index is 9.91. The molecule has 0 radical (unpaired) electrons. The molecule has 0 bridgehead atoms. The van der Waals surface area contributed by atoms with Gasteiger partial charge in [-0.25, -0.2) is 0 Å². The van der Waals surface area contributed by atoms with E-state index in [0.717, 1.165) is 43.9 Å². The Kier molecular flexibility index (Phi) is 7.15. The van der Waals surface area contributed by atoms with Gasteiger partial charge < -0.3 is 9.84 Å². The Hall–Kier alpha value is -0.810. The summed E-state index contributed by atoms with van der Waals surface area (Å²) < 4.78 is 5.63. The van der Waals surface area contributed by atoms with Gasteiger partial charge in [0.05, 0.1) is 24.3 Å². The summed E-state index contributed by atoms with van der Waals surface area (Å²) in [5.74, 6) is 0.720. The Balaban J connectivity index is 2.10. The molecule has 5 heteroatoms. The highest BCUT2D eigenvalue weighted by molar-refractivity contribution is 6.32. The largest absolute Gasteiger partial charge is 0.492 e. The second-order valence-electron chi connectivity index (χ2n) is 6.21. The number of rotatable bonds is 7. The quantitative estimate of drug-likeness (QED) is 0.827. The van der Waals surface area contributed by atoms with Gasteiger partial charge in [-0.1, -0.05) is 31.5 Å². The smallest absolute Gasteiger partial charge is 0.137 e. The van der Waals surface area contributed by atoms with Gasteiger partial charge in [0.2, 0.25) is 0 Å². The highest BCUT2D eigenvalue weighted by Crippen LogP contribution is 2.31. The summed E-state index contributed by atoms with van der Waals surface area (Å²) in [5, 5.41) is 10.5. The first-order valence-corrected chi connectivity index (χ1v) is 8.99. The summed E-state index contributed by atoms with van der Waals surface area (Å²) in [6, 6.07) is 6.38. The third-order valence-electron chi connectivity index (χ3n) is 4.62. The SMILES string of the molecule is CCCOc1ccc(C(CO)N2CCN(CC)C(C)C2)cc1Cl. The van der Waals surface area contributed by atoms with Gasteiger partial charge >= 0.3 is 0 Å². The summed E-state index contributed by atoms with van der Waals surface area (Å²) in [6.45, 7) is 11.3. The van der Waals surface area contributed by atoms with Crippen LogP contribution in [0.25, 0.3) is 0 Å². The zero-order chi connectivity index (χ0) is 16.8. The van der Waals surface area contributed by atoms with Crippen LogP contribution in [-0.2, 0) is 0 Å². The third kappa shape index (κ3) is 4.60. The molecule has 2 rings (SSSR count). The molecule has 130 valence electrons. The normalized spacial score (nSPS) is 21.3. The average molecular weight is 341 g/mol. The highest BCUT2D eigenvalue weighted by Gasteiger charge is 2.28. The topological polar surface area (TPSA) is 35.9 Å². The summed E-state index contributed by atoms with van der Waals surface area (Å²) in [6.07, 6.45) is 0.955. The molecular formula is C18H29ClN2O2. The molecule has 1 fully saturated rings. The van der Waals surface area contributed by atoms with Crippen molar-refractivity contribution < 1.29 is 9.84 Å². The van der Waals surface area contributed by atoms with E-state index in [1.54, 1.807) is 0 Å².